The molecule has 0 bridgehead atoms. The molecule has 0 aliphatic heterocycles. The summed E-state index contributed by atoms with van der Waals surface area (Å²) in [7, 11) is 0. The zero-order valence-corrected chi connectivity index (χ0v) is 14.5. The van der Waals surface area contributed by atoms with Gasteiger partial charge in [-0.05, 0) is 44.4 Å². The van der Waals surface area contributed by atoms with Gasteiger partial charge < -0.3 is 16.2 Å². The van der Waals surface area contributed by atoms with Crippen molar-refractivity contribution in [2.24, 2.45) is 11.1 Å². The van der Waals surface area contributed by atoms with Gasteiger partial charge in [0.1, 0.15) is 0 Å². The number of aromatic nitrogens is 2. The number of carbonyl (C=O) groups excluding carboxylic acids is 1. The first kappa shape index (κ1) is 17.7. The Morgan fingerprint density at radius 1 is 1.52 bits per heavy atom. The Morgan fingerprint density at radius 2 is 2.22 bits per heavy atom. The number of anilines is 1. The summed E-state index contributed by atoms with van der Waals surface area (Å²) in [6, 6.07) is 0.140. The zero-order chi connectivity index (χ0) is 17.3. The molecule has 0 saturated heterocycles. The number of carbonyl (C=O) groups is 1. The van der Waals surface area contributed by atoms with E-state index >= 15 is 0 Å². The maximum atomic E-state index is 11.6. The lowest BCUT2D eigenvalue weighted by molar-refractivity contribution is 0.0182. The van der Waals surface area contributed by atoms with Crippen molar-refractivity contribution in [3.63, 3.8) is 0 Å². The maximum Gasteiger partial charge on any atom is 0.252 e. The van der Waals surface area contributed by atoms with Gasteiger partial charge in [-0.15, -0.1) is 0 Å². The van der Waals surface area contributed by atoms with E-state index in [0.29, 0.717) is 30.0 Å². The normalized spacial score (nSPS) is 25.2. The number of primary amides is 1. The van der Waals surface area contributed by atoms with Crippen molar-refractivity contribution in [3.05, 3.63) is 17.5 Å². The van der Waals surface area contributed by atoms with Crippen LogP contribution in [0.1, 0.15) is 69.4 Å². The third-order valence-corrected chi connectivity index (χ3v) is 4.12. The second kappa shape index (κ2) is 6.43. The van der Waals surface area contributed by atoms with Gasteiger partial charge in [-0.25, -0.2) is 9.97 Å². The van der Waals surface area contributed by atoms with Crippen LogP contribution in [0, 0.1) is 5.41 Å². The number of aliphatic hydroxyl groups is 1. The smallest absolute Gasteiger partial charge is 0.252 e. The molecule has 6 nitrogen and oxygen atoms in total. The average molecular weight is 320 g/mol. The summed E-state index contributed by atoms with van der Waals surface area (Å²) >= 11 is 0. The van der Waals surface area contributed by atoms with Crippen molar-refractivity contribution in [3.8, 4) is 0 Å². The van der Waals surface area contributed by atoms with Crippen molar-refractivity contribution in [2.45, 2.75) is 71.4 Å². The Balaban J connectivity index is 2.19. The van der Waals surface area contributed by atoms with Crippen molar-refractivity contribution in [1.82, 2.24) is 9.97 Å². The number of nitrogens with two attached hydrogens (primary N) is 1. The first-order valence-corrected chi connectivity index (χ1v) is 8.20. The van der Waals surface area contributed by atoms with Crippen LogP contribution in [0.4, 0.5) is 5.95 Å². The molecule has 1 aromatic heterocycles. The summed E-state index contributed by atoms with van der Waals surface area (Å²) < 4.78 is 0. The van der Waals surface area contributed by atoms with Crippen LogP contribution < -0.4 is 11.1 Å². The lowest BCUT2D eigenvalue weighted by Crippen LogP contribution is -2.38. The molecule has 0 unspecified atom stereocenters. The Labute approximate surface area is 137 Å². The van der Waals surface area contributed by atoms with E-state index in [0.717, 1.165) is 19.3 Å². The third kappa shape index (κ3) is 5.16. The SMILES string of the molecule is CC(C)(C)Cc1nc(N[C@@H]2CCC[C@](C)(O)C2)ncc1C(N)=O. The molecule has 2 rings (SSSR count). The predicted octanol–water partition coefficient (Wildman–Crippen LogP) is 2.27. The fourth-order valence-corrected chi connectivity index (χ4v) is 3.10. The van der Waals surface area contributed by atoms with Crippen LogP contribution >= 0.6 is 0 Å². The predicted molar refractivity (Wildman–Crippen MR) is 90.2 cm³/mol. The van der Waals surface area contributed by atoms with Crippen LogP contribution in [0.15, 0.2) is 6.20 Å². The van der Waals surface area contributed by atoms with Gasteiger partial charge in [-0.1, -0.05) is 20.8 Å². The third-order valence-electron chi connectivity index (χ3n) is 4.12. The van der Waals surface area contributed by atoms with Gasteiger partial charge in [0.2, 0.25) is 5.95 Å². The number of hydrogen-bond acceptors (Lipinski definition) is 5. The first-order valence-electron chi connectivity index (χ1n) is 8.20. The summed E-state index contributed by atoms with van der Waals surface area (Å²) in [4.78, 5) is 20.3. The van der Waals surface area contributed by atoms with Gasteiger partial charge in [0.25, 0.3) is 5.91 Å². The summed E-state index contributed by atoms with van der Waals surface area (Å²) in [5.41, 5.74) is 5.83. The highest BCUT2D eigenvalue weighted by Crippen LogP contribution is 2.29. The second-order valence-corrected chi connectivity index (χ2v) is 8.09. The van der Waals surface area contributed by atoms with Crippen molar-refractivity contribution >= 4 is 11.9 Å². The minimum atomic E-state index is -0.642. The van der Waals surface area contributed by atoms with Gasteiger partial charge in [0.15, 0.2) is 0 Å². The fourth-order valence-electron chi connectivity index (χ4n) is 3.10. The molecule has 0 spiro atoms. The second-order valence-electron chi connectivity index (χ2n) is 8.09. The summed E-state index contributed by atoms with van der Waals surface area (Å²) in [5.74, 6) is -0.00616. The Hall–Kier alpha value is -1.69. The van der Waals surface area contributed by atoms with E-state index in [4.69, 9.17) is 5.73 Å². The summed E-state index contributed by atoms with van der Waals surface area (Å²) in [6.45, 7) is 8.13. The topological polar surface area (TPSA) is 101 Å². The molecule has 1 aliphatic carbocycles. The molecule has 0 radical (unpaired) electrons. The number of amides is 1. The molecular formula is C17H28N4O2. The molecule has 6 heteroatoms. The molecule has 2 atom stereocenters. The molecular weight excluding hydrogens is 292 g/mol. The lowest BCUT2D eigenvalue weighted by atomic mass is 9.83. The Kier molecular flexibility index (Phi) is 4.94. The number of nitrogens with one attached hydrogen (secondary N) is 1. The molecule has 1 aliphatic rings. The van der Waals surface area contributed by atoms with Crippen molar-refractivity contribution in [1.29, 1.82) is 0 Å². The highest BCUT2D eigenvalue weighted by molar-refractivity contribution is 5.93. The van der Waals surface area contributed by atoms with Crippen LogP contribution in [0.3, 0.4) is 0 Å². The van der Waals surface area contributed by atoms with E-state index in [9.17, 15) is 9.90 Å². The van der Waals surface area contributed by atoms with Gasteiger partial charge in [0.05, 0.1) is 16.9 Å². The van der Waals surface area contributed by atoms with E-state index in [-0.39, 0.29) is 11.5 Å². The zero-order valence-electron chi connectivity index (χ0n) is 14.5. The lowest BCUT2D eigenvalue weighted by Gasteiger charge is -2.34. The fraction of sp³-hybridized carbons (Fsp3) is 0.706. The molecule has 1 aromatic rings. The van der Waals surface area contributed by atoms with E-state index in [1.165, 1.54) is 6.20 Å². The first-order chi connectivity index (χ1) is 10.6. The van der Waals surface area contributed by atoms with E-state index < -0.39 is 11.5 Å². The van der Waals surface area contributed by atoms with E-state index in [1.807, 2.05) is 6.92 Å². The average Bonchev–Trinajstić information content (AvgIpc) is 2.35. The number of rotatable bonds is 4. The standard InChI is InChI=1S/C17H28N4O2/c1-16(2,3)9-13-12(14(18)22)10-19-15(21-13)20-11-6-5-7-17(4,23)8-11/h10-11,23H,5-9H2,1-4H3,(H2,18,22)(H,19,20,21)/t11-,17+/m1/s1. The minimum absolute atomic E-state index is 0.00959. The maximum absolute atomic E-state index is 11.6. The van der Waals surface area contributed by atoms with Gasteiger partial charge in [-0.3, -0.25) is 4.79 Å². The number of nitrogens with zero attached hydrogens (tertiary/aromatic N) is 2. The van der Waals surface area contributed by atoms with E-state index in [2.05, 4.69) is 36.1 Å². The quantitative estimate of drug-likeness (QED) is 0.790. The van der Waals surface area contributed by atoms with Gasteiger partial charge in [-0.2, -0.15) is 0 Å². The monoisotopic (exact) mass is 320 g/mol. The van der Waals surface area contributed by atoms with E-state index in [1.54, 1.807) is 0 Å². The molecule has 128 valence electrons. The van der Waals surface area contributed by atoms with Crippen LogP contribution in [-0.2, 0) is 6.42 Å². The van der Waals surface area contributed by atoms with Crippen molar-refractivity contribution < 1.29 is 9.90 Å². The highest BCUT2D eigenvalue weighted by Gasteiger charge is 2.30. The van der Waals surface area contributed by atoms with Crippen LogP contribution in [0.2, 0.25) is 0 Å². The molecule has 23 heavy (non-hydrogen) atoms. The molecule has 4 N–H and O–H groups in total. The number of hydrogen-bond donors (Lipinski definition) is 3. The van der Waals surface area contributed by atoms with Crippen molar-refractivity contribution in [2.75, 3.05) is 5.32 Å². The van der Waals surface area contributed by atoms with Gasteiger partial charge >= 0.3 is 0 Å². The Morgan fingerprint density at radius 3 is 2.78 bits per heavy atom. The molecule has 1 amide bonds. The molecule has 0 aromatic carbocycles. The minimum Gasteiger partial charge on any atom is -0.390 e. The molecule has 1 saturated carbocycles. The van der Waals surface area contributed by atoms with Crippen LogP contribution in [0.25, 0.3) is 0 Å². The summed E-state index contributed by atoms with van der Waals surface area (Å²) in [6.07, 6.45) is 5.58. The molecule has 1 fully saturated rings. The molecule has 1 heterocycles. The van der Waals surface area contributed by atoms with Crippen LogP contribution in [-0.4, -0.2) is 32.6 Å². The summed E-state index contributed by atoms with van der Waals surface area (Å²) in [5, 5.41) is 13.5. The largest absolute Gasteiger partial charge is 0.390 e. The van der Waals surface area contributed by atoms with Crippen LogP contribution in [0.5, 0.6) is 0 Å². The van der Waals surface area contributed by atoms with Gasteiger partial charge in [0, 0.05) is 12.2 Å². The Bertz CT molecular complexity index is 578. The highest BCUT2D eigenvalue weighted by atomic mass is 16.3.